The largest absolute Gasteiger partial charge is 0.346 e. The molecular formula is C13H19ClN4. The Balaban J connectivity index is 2.13. The average Bonchev–Trinajstić information content (AvgIpc) is 2.94. The quantitative estimate of drug-likeness (QED) is 0.903. The summed E-state index contributed by atoms with van der Waals surface area (Å²) < 4.78 is 4.03. The molecule has 0 spiro atoms. The minimum absolute atomic E-state index is 0.413. The third-order valence-corrected chi connectivity index (χ3v) is 3.64. The molecule has 4 nitrogen and oxygen atoms in total. The highest BCUT2D eigenvalue weighted by molar-refractivity contribution is 6.29. The van der Waals surface area contributed by atoms with Crippen molar-refractivity contribution >= 4 is 11.6 Å². The Morgan fingerprint density at radius 1 is 1.50 bits per heavy atom. The lowest BCUT2D eigenvalue weighted by atomic mass is 10.1. The molecule has 0 aromatic carbocycles. The van der Waals surface area contributed by atoms with Crippen LogP contribution in [0.2, 0.25) is 5.15 Å². The van der Waals surface area contributed by atoms with E-state index in [2.05, 4.69) is 40.3 Å². The Morgan fingerprint density at radius 3 is 2.83 bits per heavy atom. The second kappa shape index (κ2) is 5.59. The van der Waals surface area contributed by atoms with E-state index >= 15 is 0 Å². The smallest absolute Gasteiger partial charge is 0.129 e. The topological polar surface area (TPSA) is 34.8 Å². The van der Waals surface area contributed by atoms with Crippen molar-refractivity contribution in [2.75, 3.05) is 7.05 Å². The molecule has 0 amide bonds. The number of halogens is 1. The molecule has 0 bridgehead atoms. The molecule has 0 aliphatic carbocycles. The fraction of sp³-hybridized carbons (Fsp3) is 0.462. The van der Waals surface area contributed by atoms with Crippen LogP contribution < -0.4 is 5.32 Å². The standard InChI is InChI=1S/C13H19ClN4/c1-4-11(15-2)10-5-6-18(8-10)9-13-16-7-12(14)17(13)3/h5-8,11,15H,4,9H2,1-3H3. The van der Waals surface area contributed by atoms with E-state index < -0.39 is 0 Å². The molecule has 0 aliphatic heterocycles. The zero-order valence-electron chi connectivity index (χ0n) is 11.0. The highest BCUT2D eigenvalue weighted by Gasteiger charge is 2.09. The van der Waals surface area contributed by atoms with Crippen LogP contribution in [0.1, 0.15) is 30.8 Å². The Bertz CT molecular complexity index is 511. The van der Waals surface area contributed by atoms with Crippen molar-refractivity contribution in [2.24, 2.45) is 7.05 Å². The van der Waals surface area contributed by atoms with Crippen LogP contribution in [0.15, 0.2) is 24.7 Å². The summed E-state index contributed by atoms with van der Waals surface area (Å²) in [7, 11) is 3.92. The summed E-state index contributed by atoms with van der Waals surface area (Å²) in [5, 5.41) is 3.97. The molecular weight excluding hydrogens is 248 g/mol. The minimum atomic E-state index is 0.413. The summed E-state index contributed by atoms with van der Waals surface area (Å²) in [6, 6.07) is 2.56. The number of aromatic nitrogens is 3. The first-order valence-electron chi connectivity index (χ1n) is 6.14. The molecule has 0 aliphatic rings. The van der Waals surface area contributed by atoms with Crippen LogP contribution in [0.5, 0.6) is 0 Å². The zero-order chi connectivity index (χ0) is 13.1. The van der Waals surface area contributed by atoms with E-state index in [1.165, 1.54) is 5.56 Å². The van der Waals surface area contributed by atoms with Crippen molar-refractivity contribution in [3.63, 3.8) is 0 Å². The van der Waals surface area contributed by atoms with Crippen molar-refractivity contribution in [2.45, 2.75) is 25.9 Å². The normalized spacial score (nSPS) is 12.9. The van der Waals surface area contributed by atoms with Gasteiger partial charge in [-0.2, -0.15) is 0 Å². The van der Waals surface area contributed by atoms with Crippen molar-refractivity contribution in [3.8, 4) is 0 Å². The third-order valence-electron chi connectivity index (χ3n) is 3.28. The second-order valence-corrected chi connectivity index (χ2v) is 4.81. The van der Waals surface area contributed by atoms with Gasteiger partial charge >= 0.3 is 0 Å². The van der Waals surface area contributed by atoms with Gasteiger partial charge in [0.05, 0.1) is 12.7 Å². The van der Waals surface area contributed by atoms with Crippen molar-refractivity contribution in [1.29, 1.82) is 0 Å². The van der Waals surface area contributed by atoms with Crippen LogP contribution in [0.25, 0.3) is 0 Å². The van der Waals surface area contributed by atoms with Gasteiger partial charge in [0.15, 0.2) is 0 Å². The van der Waals surface area contributed by atoms with E-state index in [0.717, 1.165) is 18.8 Å². The summed E-state index contributed by atoms with van der Waals surface area (Å²) in [6.07, 6.45) is 7.00. The molecule has 1 N–H and O–H groups in total. The molecule has 5 heteroatoms. The molecule has 1 unspecified atom stereocenters. The molecule has 0 saturated carbocycles. The second-order valence-electron chi connectivity index (χ2n) is 4.42. The van der Waals surface area contributed by atoms with Crippen LogP contribution in [0.3, 0.4) is 0 Å². The van der Waals surface area contributed by atoms with Gasteiger partial charge in [-0.15, -0.1) is 0 Å². The molecule has 2 heterocycles. The van der Waals surface area contributed by atoms with Crippen LogP contribution in [-0.2, 0) is 13.6 Å². The number of hydrogen-bond acceptors (Lipinski definition) is 2. The van der Waals surface area contributed by atoms with Gasteiger partial charge in [0.25, 0.3) is 0 Å². The van der Waals surface area contributed by atoms with E-state index in [-0.39, 0.29) is 0 Å². The van der Waals surface area contributed by atoms with E-state index in [1.807, 2.05) is 18.7 Å². The van der Waals surface area contributed by atoms with Crippen molar-refractivity contribution in [3.05, 3.63) is 41.2 Å². The molecule has 1 atom stereocenters. The van der Waals surface area contributed by atoms with Crippen LogP contribution in [0.4, 0.5) is 0 Å². The maximum absolute atomic E-state index is 5.98. The fourth-order valence-corrected chi connectivity index (χ4v) is 2.25. The first-order chi connectivity index (χ1) is 8.65. The van der Waals surface area contributed by atoms with E-state index in [9.17, 15) is 0 Å². The lowest BCUT2D eigenvalue weighted by Crippen LogP contribution is -2.14. The number of rotatable bonds is 5. The molecule has 2 rings (SSSR count). The molecule has 0 saturated heterocycles. The van der Waals surface area contributed by atoms with Crippen molar-refractivity contribution in [1.82, 2.24) is 19.4 Å². The SMILES string of the molecule is CCC(NC)c1ccn(Cc2ncc(Cl)n2C)c1. The summed E-state index contributed by atoms with van der Waals surface area (Å²) in [5.74, 6) is 0.958. The highest BCUT2D eigenvalue weighted by atomic mass is 35.5. The zero-order valence-corrected chi connectivity index (χ0v) is 11.8. The summed E-state index contributed by atoms with van der Waals surface area (Å²) in [6.45, 7) is 2.92. The van der Waals surface area contributed by atoms with Crippen LogP contribution >= 0.6 is 11.6 Å². The fourth-order valence-electron chi connectivity index (χ4n) is 2.10. The summed E-state index contributed by atoms with van der Waals surface area (Å²) in [4.78, 5) is 4.30. The number of imidazole rings is 1. The van der Waals surface area contributed by atoms with Crippen LogP contribution in [-0.4, -0.2) is 21.2 Å². The van der Waals surface area contributed by atoms with Crippen LogP contribution in [0, 0.1) is 0 Å². The van der Waals surface area contributed by atoms with E-state index in [1.54, 1.807) is 6.20 Å². The van der Waals surface area contributed by atoms with Gasteiger partial charge in [-0.05, 0) is 25.1 Å². The monoisotopic (exact) mass is 266 g/mol. The van der Waals surface area contributed by atoms with Gasteiger partial charge in [-0.25, -0.2) is 4.98 Å². The molecule has 18 heavy (non-hydrogen) atoms. The first kappa shape index (κ1) is 13.2. The first-order valence-corrected chi connectivity index (χ1v) is 6.52. The number of nitrogens with zero attached hydrogens (tertiary/aromatic N) is 3. The van der Waals surface area contributed by atoms with Gasteiger partial charge in [0.1, 0.15) is 11.0 Å². The maximum atomic E-state index is 5.98. The molecule has 98 valence electrons. The Kier molecular flexibility index (Phi) is 4.09. The minimum Gasteiger partial charge on any atom is -0.346 e. The lowest BCUT2D eigenvalue weighted by molar-refractivity contribution is 0.574. The lowest BCUT2D eigenvalue weighted by Gasteiger charge is -2.11. The Labute approximate surface area is 113 Å². The van der Waals surface area contributed by atoms with Gasteiger partial charge < -0.3 is 14.5 Å². The van der Waals surface area contributed by atoms with Gasteiger partial charge in [0, 0.05) is 25.5 Å². The summed E-state index contributed by atoms with van der Waals surface area (Å²) in [5.41, 5.74) is 1.31. The summed E-state index contributed by atoms with van der Waals surface area (Å²) >= 11 is 5.98. The Morgan fingerprint density at radius 2 is 2.28 bits per heavy atom. The third kappa shape index (κ3) is 2.60. The average molecular weight is 267 g/mol. The van der Waals surface area contributed by atoms with Gasteiger partial charge in [-0.3, -0.25) is 0 Å². The Hall–Kier alpha value is -1.26. The molecule has 2 aromatic rings. The predicted molar refractivity (Wildman–Crippen MR) is 73.8 cm³/mol. The highest BCUT2D eigenvalue weighted by Crippen LogP contribution is 2.17. The number of hydrogen-bond donors (Lipinski definition) is 1. The predicted octanol–water partition coefficient (Wildman–Crippen LogP) is 2.59. The molecule has 0 fully saturated rings. The van der Waals surface area contributed by atoms with Crippen molar-refractivity contribution < 1.29 is 0 Å². The van der Waals surface area contributed by atoms with Gasteiger partial charge in [0.2, 0.25) is 0 Å². The molecule has 0 radical (unpaired) electrons. The maximum Gasteiger partial charge on any atom is 0.129 e. The van der Waals surface area contributed by atoms with E-state index in [4.69, 9.17) is 11.6 Å². The number of nitrogens with one attached hydrogen (secondary N) is 1. The molecule has 2 aromatic heterocycles. The van der Waals surface area contributed by atoms with Gasteiger partial charge in [-0.1, -0.05) is 18.5 Å². The van der Waals surface area contributed by atoms with E-state index in [0.29, 0.717) is 11.2 Å².